The molecular weight excluding hydrogens is 317 g/mol. The van der Waals surface area contributed by atoms with E-state index in [9.17, 15) is 9.59 Å². The largest absolute Gasteiger partial charge is 0.288 e. The molecular formula is C12H9Cl2N5O2. The molecule has 2 aromatic heterocycles. The van der Waals surface area contributed by atoms with Crippen molar-refractivity contribution < 1.29 is 9.59 Å². The van der Waals surface area contributed by atoms with Crippen LogP contribution in [0.1, 0.15) is 26.5 Å². The zero-order valence-electron chi connectivity index (χ0n) is 10.7. The predicted octanol–water partition coefficient (Wildman–Crippen LogP) is 1.56. The fourth-order valence-electron chi connectivity index (χ4n) is 1.41. The highest BCUT2D eigenvalue weighted by molar-refractivity contribution is 6.29. The van der Waals surface area contributed by atoms with Crippen LogP contribution in [-0.2, 0) is 0 Å². The lowest BCUT2D eigenvalue weighted by atomic mass is 10.3. The Morgan fingerprint density at radius 1 is 1.10 bits per heavy atom. The van der Waals surface area contributed by atoms with Crippen molar-refractivity contribution >= 4 is 35.0 Å². The number of halogens is 2. The molecule has 108 valence electrons. The first-order valence-electron chi connectivity index (χ1n) is 5.69. The summed E-state index contributed by atoms with van der Waals surface area (Å²) in [5.41, 5.74) is 5.27. The highest BCUT2D eigenvalue weighted by Gasteiger charge is 2.12. The quantitative estimate of drug-likeness (QED) is 0.496. The molecule has 0 aliphatic heterocycles. The molecule has 0 spiro atoms. The Hall–Kier alpha value is -2.25. The van der Waals surface area contributed by atoms with Crippen molar-refractivity contribution in [3.63, 3.8) is 0 Å². The smallest absolute Gasteiger partial charge is 0.267 e. The number of aromatic nitrogens is 3. The lowest BCUT2D eigenvalue weighted by molar-refractivity contribution is 0.0843. The number of amides is 2. The number of hydrogen-bond donors (Lipinski definition) is 2. The van der Waals surface area contributed by atoms with Gasteiger partial charge in [-0.2, -0.15) is 0 Å². The minimum atomic E-state index is -0.613. The summed E-state index contributed by atoms with van der Waals surface area (Å²) in [5, 5.41) is 0.218. The number of nitrogens with one attached hydrogen (secondary N) is 2. The van der Waals surface area contributed by atoms with Crippen LogP contribution in [0.4, 0.5) is 0 Å². The van der Waals surface area contributed by atoms with E-state index < -0.39 is 11.8 Å². The molecule has 2 aromatic rings. The molecule has 0 saturated carbocycles. The summed E-state index contributed by atoms with van der Waals surface area (Å²) in [6.07, 6.45) is 1.29. The van der Waals surface area contributed by atoms with E-state index in [0.717, 1.165) is 0 Å². The van der Waals surface area contributed by atoms with Gasteiger partial charge in [0.15, 0.2) is 0 Å². The first-order valence-corrected chi connectivity index (χ1v) is 6.45. The monoisotopic (exact) mass is 325 g/mol. The summed E-state index contributed by atoms with van der Waals surface area (Å²) < 4.78 is 0. The van der Waals surface area contributed by atoms with Crippen LogP contribution >= 0.6 is 23.2 Å². The van der Waals surface area contributed by atoms with E-state index in [0.29, 0.717) is 5.69 Å². The van der Waals surface area contributed by atoms with Gasteiger partial charge >= 0.3 is 0 Å². The molecule has 2 heterocycles. The second kappa shape index (κ2) is 6.47. The highest BCUT2D eigenvalue weighted by Crippen LogP contribution is 2.06. The minimum Gasteiger partial charge on any atom is -0.267 e. The number of hydrogen-bond acceptors (Lipinski definition) is 5. The van der Waals surface area contributed by atoms with Gasteiger partial charge in [-0.05, 0) is 36.7 Å². The van der Waals surface area contributed by atoms with Crippen LogP contribution in [0, 0.1) is 6.92 Å². The molecule has 0 atom stereocenters. The molecule has 2 N–H and O–H groups in total. The third-order valence-electron chi connectivity index (χ3n) is 2.34. The van der Waals surface area contributed by atoms with Gasteiger partial charge in [-0.25, -0.2) is 15.0 Å². The van der Waals surface area contributed by atoms with Gasteiger partial charge in [0.25, 0.3) is 11.8 Å². The minimum absolute atomic E-state index is 0.0435. The van der Waals surface area contributed by atoms with Crippen molar-refractivity contribution in [3.05, 3.63) is 51.8 Å². The summed E-state index contributed by atoms with van der Waals surface area (Å²) in [5.74, 6) is -1.15. The summed E-state index contributed by atoms with van der Waals surface area (Å²) in [7, 11) is 0. The maximum Gasteiger partial charge on any atom is 0.288 e. The Balaban J connectivity index is 2.00. The Labute approximate surface area is 129 Å². The van der Waals surface area contributed by atoms with Crippen molar-refractivity contribution in [1.82, 2.24) is 25.8 Å². The number of carbonyl (C=O) groups excluding carboxylic acids is 2. The Bertz CT molecular complexity index is 670. The Morgan fingerprint density at radius 3 is 2.43 bits per heavy atom. The molecule has 0 aliphatic rings. The van der Waals surface area contributed by atoms with Crippen molar-refractivity contribution in [2.24, 2.45) is 0 Å². The van der Waals surface area contributed by atoms with E-state index in [2.05, 4.69) is 25.8 Å². The van der Waals surface area contributed by atoms with Gasteiger partial charge in [0.1, 0.15) is 10.8 Å². The molecule has 0 unspecified atom stereocenters. The maximum absolute atomic E-state index is 11.8. The normalized spacial score (nSPS) is 10.0. The molecule has 9 heteroatoms. The number of aryl methyl sites for hydroxylation is 1. The van der Waals surface area contributed by atoms with Gasteiger partial charge in [0.05, 0.1) is 5.56 Å². The van der Waals surface area contributed by atoms with Crippen LogP contribution in [-0.4, -0.2) is 26.8 Å². The standard InChI is InChI=1S/C12H9Cl2N5O2/c1-6-4-8(17-12(14)16-6)11(21)19-18-10(20)7-2-3-9(13)15-5-7/h2-5H,1H3,(H,18,20)(H,19,21). The molecule has 7 nitrogen and oxygen atoms in total. The number of pyridine rings is 1. The van der Waals surface area contributed by atoms with E-state index in [-0.39, 0.29) is 21.7 Å². The number of carbonyl (C=O) groups is 2. The molecule has 0 aliphatic carbocycles. The summed E-state index contributed by atoms with van der Waals surface area (Å²) >= 11 is 11.3. The van der Waals surface area contributed by atoms with Gasteiger partial charge in [0, 0.05) is 11.9 Å². The molecule has 2 rings (SSSR count). The van der Waals surface area contributed by atoms with Gasteiger partial charge in [-0.1, -0.05) is 11.6 Å². The van der Waals surface area contributed by atoms with Crippen LogP contribution in [0.2, 0.25) is 10.4 Å². The predicted molar refractivity (Wildman–Crippen MR) is 76.0 cm³/mol. The first-order chi connectivity index (χ1) is 9.95. The van der Waals surface area contributed by atoms with E-state index in [1.807, 2.05) is 0 Å². The third kappa shape index (κ3) is 4.11. The maximum atomic E-state index is 11.8. The highest BCUT2D eigenvalue weighted by atomic mass is 35.5. The van der Waals surface area contributed by atoms with E-state index >= 15 is 0 Å². The number of nitrogens with zero attached hydrogens (tertiary/aromatic N) is 3. The van der Waals surface area contributed by atoms with E-state index in [4.69, 9.17) is 23.2 Å². The summed E-state index contributed by atoms with van der Waals surface area (Å²) in [6, 6.07) is 4.38. The molecule has 21 heavy (non-hydrogen) atoms. The van der Waals surface area contributed by atoms with Crippen LogP contribution in [0.15, 0.2) is 24.4 Å². The lowest BCUT2D eigenvalue weighted by Crippen LogP contribution is -2.42. The first kappa shape index (κ1) is 15.1. The molecule has 2 amide bonds. The summed E-state index contributed by atoms with van der Waals surface area (Å²) in [4.78, 5) is 34.9. The molecule has 0 bridgehead atoms. The SMILES string of the molecule is Cc1cc(C(=O)NNC(=O)c2ccc(Cl)nc2)nc(Cl)n1. The summed E-state index contributed by atoms with van der Waals surface area (Å²) in [6.45, 7) is 1.67. The lowest BCUT2D eigenvalue weighted by Gasteiger charge is -2.07. The topological polar surface area (TPSA) is 96.9 Å². The third-order valence-corrected chi connectivity index (χ3v) is 2.73. The second-order valence-electron chi connectivity index (χ2n) is 3.94. The van der Waals surface area contributed by atoms with E-state index in [1.165, 1.54) is 24.4 Å². The van der Waals surface area contributed by atoms with Crippen molar-refractivity contribution in [2.45, 2.75) is 6.92 Å². The molecule has 0 aromatic carbocycles. The van der Waals surface area contributed by atoms with Crippen LogP contribution < -0.4 is 10.9 Å². The Kier molecular flexibility index (Phi) is 4.66. The zero-order valence-corrected chi connectivity index (χ0v) is 12.2. The fourth-order valence-corrected chi connectivity index (χ4v) is 1.74. The fraction of sp³-hybridized carbons (Fsp3) is 0.0833. The van der Waals surface area contributed by atoms with Gasteiger partial charge in [-0.15, -0.1) is 0 Å². The van der Waals surface area contributed by atoms with Crippen LogP contribution in [0.25, 0.3) is 0 Å². The van der Waals surface area contributed by atoms with Crippen molar-refractivity contribution in [3.8, 4) is 0 Å². The number of hydrazine groups is 1. The zero-order chi connectivity index (χ0) is 15.4. The molecule has 0 fully saturated rings. The van der Waals surface area contributed by atoms with E-state index in [1.54, 1.807) is 6.92 Å². The number of rotatable bonds is 2. The second-order valence-corrected chi connectivity index (χ2v) is 4.67. The van der Waals surface area contributed by atoms with Crippen molar-refractivity contribution in [2.75, 3.05) is 0 Å². The average Bonchev–Trinajstić information content (AvgIpc) is 2.44. The molecule has 0 saturated heterocycles. The van der Waals surface area contributed by atoms with Gasteiger partial charge in [0.2, 0.25) is 5.28 Å². The Morgan fingerprint density at radius 2 is 1.81 bits per heavy atom. The van der Waals surface area contributed by atoms with Crippen LogP contribution in [0.3, 0.4) is 0 Å². The average molecular weight is 326 g/mol. The van der Waals surface area contributed by atoms with Crippen molar-refractivity contribution in [1.29, 1.82) is 0 Å². The van der Waals surface area contributed by atoms with Crippen LogP contribution in [0.5, 0.6) is 0 Å². The molecule has 0 radical (unpaired) electrons. The van der Waals surface area contributed by atoms with Gasteiger partial charge < -0.3 is 0 Å². The van der Waals surface area contributed by atoms with Gasteiger partial charge in [-0.3, -0.25) is 20.4 Å².